The molecule has 0 aliphatic heterocycles. The molecule has 0 amide bonds. The maximum atomic E-state index is 13.0. The smallest absolute Gasteiger partial charge is 0.194 e. The SMILES string of the molecule is N#Cc1ncn(CCCCCOc2ccc3c4c(nccc24)-c2ccccc2C3=O)c1C#N. The third-order valence-corrected chi connectivity index (χ3v) is 5.91. The number of unbranched alkanes of at least 4 members (excludes halogenated alkanes) is 2. The zero-order chi connectivity index (χ0) is 22.8. The summed E-state index contributed by atoms with van der Waals surface area (Å²) in [7, 11) is 0. The van der Waals surface area contributed by atoms with Crippen molar-refractivity contribution in [3.05, 3.63) is 77.5 Å². The number of benzene rings is 2. The number of imidazole rings is 1. The minimum atomic E-state index is 0.0124. The van der Waals surface area contributed by atoms with Gasteiger partial charge in [0.15, 0.2) is 17.2 Å². The van der Waals surface area contributed by atoms with Gasteiger partial charge in [0.25, 0.3) is 0 Å². The summed E-state index contributed by atoms with van der Waals surface area (Å²) in [6.45, 7) is 1.17. The van der Waals surface area contributed by atoms with Gasteiger partial charge in [-0.2, -0.15) is 10.5 Å². The van der Waals surface area contributed by atoms with E-state index >= 15 is 0 Å². The Labute approximate surface area is 190 Å². The van der Waals surface area contributed by atoms with Gasteiger partial charge in [-0.1, -0.05) is 24.3 Å². The number of carbonyl (C=O) groups is 1. The maximum Gasteiger partial charge on any atom is 0.194 e. The molecule has 0 N–H and O–H groups in total. The first kappa shape index (κ1) is 20.4. The van der Waals surface area contributed by atoms with Crippen molar-refractivity contribution < 1.29 is 9.53 Å². The van der Waals surface area contributed by atoms with Crippen molar-refractivity contribution in [1.82, 2.24) is 14.5 Å². The van der Waals surface area contributed by atoms with Gasteiger partial charge >= 0.3 is 0 Å². The third kappa shape index (κ3) is 3.50. The lowest BCUT2D eigenvalue weighted by molar-refractivity contribution is 0.104. The van der Waals surface area contributed by atoms with Crippen LogP contribution in [-0.2, 0) is 6.54 Å². The molecule has 0 saturated heterocycles. The molecule has 0 saturated carbocycles. The van der Waals surface area contributed by atoms with E-state index < -0.39 is 0 Å². The molecular weight excluding hydrogens is 414 g/mol. The van der Waals surface area contributed by atoms with E-state index in [0.29, 0.717) is 30.0 Å². The number of fused-ring (bicyclic) bond motifs is 2. The summed E-state index contributed by atoms with van der Waals surface area (Å²) < 4.78 is 7.80. The number of aryl methyl sites for hydroxylation is 1. The second-order valence-electron chi connectivity index (χ2n) is 7.84. The van der Waals surface area contributed by atoms with Crippen molar-refractivity contribution in [1.29, 1.82) is 10.5 Å². The molecule has 0 atom stereocenters. The van der Waals surface area contributed by atoms with Gasteiger partial charge in [0.05, 0.1) is 18.6 Å². The van der Waals surface area contributed by atoms with Gasteiger partial charge in [-0.15, -0.1) is 0 Å². The van der Waals surface area contributed by atoms with Gasteiger partial charge in [-0.25, -0.2) is 4.98 Å². The lowest BCUT2D eigenvalue weighted by atomic mass is 9.85. The zero-order valence-electron chi connectivity index (χ0n) is 17.8. The van der Waals surface area contributed by atoms with Crippen LogP contribution in [0.5, 0.6) is 5.75 Å². The maximum absolute atomic E-state index is 13.0. The highest BCUT2D eigenvalue weighted by Gasteiger charge is 2.26. The molecule has 33 heavy (non-hydrogen) atoms. The topological polar surface area (TPSA) is 105 Å². The van der Waals surface area contributed by atoms with Gasteiger partial charge < -0.3 is 9.30 Å². The molecule has 0 spiro atoms. The van der Waals surface area contributed by atoms with Crippen molar-refractivity contribution in [2.45, 2.75) is 25.8 Å². The van der Waals surface area contributed by atoms with Gasteiger partial charge in [0.1, 0.15) is 17.9 Å². The van der Waals surface area contributed by atoms with Crippen molar-refractivity contribution >= 4 is 16.6 Å². The number of hydrogen-bond donors (Lipinski definition) is 0. The molecule has 0 fully saturated rings. The molecule has 0 unspecified atom stereocenters. The Morgan fingerprint density at radius 3 is 2.58 bits per heavy atom. The Hall–Kier alpha value is -4.49. The van der Waals surface area contributed by atoms with Crippen LogP contribution in [0.4, 0.5) is 0 Å². The average Bonchev–Trinajstić information content (AvgIpc) is 3.26. The quantitative estimate of drug-likeness (QED) is 0.346. The standard InChI is InChI=1S/C26H19N5O2/c27-14-21-22(15-28)31(16-30-21)12-4-1-5-13-33-23-9-8-20-24-19(23)10-11-29-25(24)17-6-2-3-7-18(17)26(20)32/h2-3,6-11,16H,1,4-5,12-13H2. The number of ketones is 1. The molecule has 2 aromatic heterocycles. The fourth-order valence-corrected chi connectivity index (χ4v) is 4.32. The number of nitriles is 2. The van der Waals surface area contributed by atoms with Gasteiger partial charge in [0, 0.05) is 40.2 Å². The van der Waals surface area contributed by atoms with E-state index in [2.05, 4.69) is 9.97 Å². The molecule has 4 aromatic rings. The number of aromatic nitrogens is 3. The molecule has 2 aromatic carbocycles. The minimum absolute atomic E-state index is 0.0124. The lowest BCUT2D eigenvalue weighted by Crippen LogP contribution is -2.11. The first-order valence-electron chi connectivity index (χ1n) is 10.8. The highest BCUT2D eigenvalue weighted by atomic mass is 16.5. The van der Waals surface area contributed by atoms with Gasteiger partial charge in [-0.3, -0.25) is 9.78 Å². The van der Waals surface area contributed by atoms with Crippen LogP contribution >= 0.6 is 0 Å². The summed E-state index contributed by atoms with van der Waals surface area (Å²) in [6, 6.07) is 17.1. The van der Waals surface area contributed by atoms with Crippen LogP contribution in [0.3, 0.4) is 0 Å². The second kappa shape index (κ2) is 8.57. The fraction of sp³-hybridized carbons (Fsp3) is 0.192. The number of rotatable bonds is 7. The molecule has 0 bridgehead atoms. The molecule has 7 heteroatoms. The van der Waals surface area contributed by atoms with Crippen LogP contribution in [0, 0.1) is 22.7 Å². The Bertz CT molecular complexity index is 1470. The monoisotopic (exact) mass is 433 g/mol. The lowest BCUT2D eigenvalue weighted by Gasteiger charge is -2.20. The Morgan fingerprint density at radius 2 is 1.76 bits per heavy atom. The van der Waals surface area contributed by atoms with E-state index in [0.717, 1.165) is 47.0 Å². The summed E-state index contributed by atoms with van der Waals surface area (Å²) in [4.78, 5) is 21.5. The molecule has 7 nitrogen and oxygen atoms in total. The Balaban J connectivity index is 1.27. The highest BCUT2D eigenvalue weighted by molar-refractivity contribution is 6.25. The Kier molecular flexibility index (Phi) is 5.30. The first-order valence-corrected chi connectivity index (χ1v) is 10.8. The fourth-order valence-electron chi connectivity index (χ4n) is 4.32. The molecular formula is C26H19N5O2. The third-order valence-electron chi connectivity index (χ3n) is 5.91. The summed E-state index contributed by atoms with van der Waals surface area (Å²) in [5.41, 5.74) is 3.48. The molecule has 1 aliphatic rings. The van der Waals surface area contributed by atoms with Crippen molar-refractivity contribution in [2.24, 2.45) is 0 Å². The van der Waals surface area contributed by atoms with E-state index in [4.69, 9.17) is 10.00 Å². The zero-order valence-corrected chi connectivity index (χ0v) is 17.8. The van der Waals surface area contributed by atoms with E-state index in [-0.39, 0.29) is 11.5 Å². The summed E-state index contributed by atoms with van der Waals surface area (Å²) in [6.07, 6.45) is 5.88. The van der Waals surface area contributed by atoms with Crippen LogP contribution in [-0.4, -0.2) is 26.9 Å². The van der Waals surface area contributed by atoms with E-state index in [1.165, 1.54) is 6.33 Å². The minimum Gasteiger partial charge on any atom is -0.493 e. The van der Waals surface area contributed by atoms with E-state index in [1.807, 2.05) is 54.6 Å². The number of nitrogens with zero attached hydrogens (tertiary/aromatic N) is 5. The van der Waals surface area contributed by atoms with Crippen LogP contribution in [0.2, 0.25) is 0 Å². The van der Waals surface area contributed by atoms with Crippen molar-refractivity contribution in [3.63, 3.8) is 0 Å². The number of ether oxygens (including phenoxy) is 1. The number of carbonyl (C=O) groups excluding carboxylic acids is 1. The van der Waals surface area contributed by atoms with Crippen molar-refractivity contribution in [3.8, 4) is 29.1 Å². The second-order valence-corrected chi connectivity index (χ2v) is 7.84. The highest BCUT2D eigenvalue weighted by Crippen LogP contribution is 2.40. The molecule has 5 rings (SSSR count). The summed E-state index contributed by atoms with van der Waals surface area (Å²) >= 11 is 0. The van der Waals surface area contributed by atoms with Crippen LogP contribution in [0.15, 0.2) is 55.0 Å². The predicted octanol–water partition coefficient (Wildman–Crippen LogP) is 4.64. The van der Waals surface area contributed by atoms with Crippen LogP contribution < -0.4 is 4.74 Å². The molecule has 2 heterocycles. The normalized spacial score (nSPS) is 11.6. The summed E-state index contributed by atoms with van der Waals surface area (Å²) in [5, 5.41) is 19.9. The largest absolute Gasteiger partial charge is 0.493 e. The average molecular weight is 433 g/mol. The van der Waals surface area contributed by atoms with E-state index in [1.54, 1.807) is 10.8 Å². The van der Waals surface area contributed by atoms with Crippen LogP contribution in [0.1, 0.15) is 46.6 Å². The number of pyridine rings is 1. The van der Waals surface area contributed by atoms with Gasteiger partial charge in [0.2, 0.25) is 0 Å². The van der Waals surface area contributed by atoms with Crippen molar-refractivity contribution in [2.75, 3.05) is 6.61 Å². The van der Waals surface area contributed by atoms with E-state index in [9.17, 15) is 10.1 Å². The van der Waals surface area contributed by atoms with Gasteiger partial charge in [-0.05, 0) is 37.5 Å². The molecule has 1 aliphatic carbocycles. The first-order chi connectivity index (χ1) is 16.2. The molecule has 160 valence electrons. The Morgan fingerprint density at radius 1 is 0.909 bits per heavy atom. The predicted molar refractivity (Wildman–Crippen MR) is 122 cm³/mol. The summed E-state index contributed by atoms with van der Waals surface area (Å²) in [5.74, 6) is 0.753. The van der Waals surface area contributed by atoms with Crippen LogP contribution in [0.25, 0.3) is 22.0 Å². The number of hydrogen-bond acceptors (Lipinski definition) is 6. The molecule has 0 radical (unpaired) electrons.